The molecule has 5 heteroatoms. The van der Waals surface area contributed by atoms with Crippen LogP contribution in [0.15, 0.2) is 51.7 Å². The molecule has 0 aliphatic carbocycles. The number of hydrogen-bond acceptors (Lipinski definition) is 5. The van der Waals surface area contributed by atoms with Crippen molar-refractivity contribution < 1.29 is 13.9 Å². The minimum absolute atomic E-state index is 0.113. The zero-order chi connectivity index (χ0) is 20.4. The summed E-state index contributed by atoms with van der Waals surface area (Å²) in [5.41, 5.74) is 2.23. The number of ether oxygens (including phenoxy) is 2. The minimum atomic E-state index is -0.113. The predicted octanol–water partition coefficient (Wildman–Crippen LogP) is 4.64. The largest absolute Gasteiger partial charge is 0.496 e. The van der Waals surface area contributed by atoms with Crippen LogP contribution in [0.3, 0.4) is 0 Å². The van der Waals surface area contributed by atoms with Crippen LogP contribution in [0.2, 0.25) is 0 Å². The third-order valence-corrected chi connectivity index (χ3v) is 5.64. The van der Waals surface area contributed by atoms with Gasteiger partial charge in [-0.15, -0.1) is 0 Å². The SMILES string of the molecule is COc1cc(C)cc2oc(-c3ccc(OCCN4CCC[C@H]4C)cc3)cc(=O)c12. The van der Waals surface area contributed by atoms with E-state index in [1.165, 1.54) is 18.9 Å². The summed E-state index contributed by atoms with van der Waals surface area (Å²) in [6.07, 6.45) is 2.55. The number of nitrogens with zero attached hydrogens (tertiary/aromatic N) is 1. The van der Waals surface area contributed by atoms with E-state index in [1.807, 2.05) is 43.3 Å². The number of likely N-dealkylation sites (tertiary alicyclic amines) is 1. The predicted molar refractivity (Wildman–Crippen MR) is 115 cm³/mol. The molecule has 29 heavy (non-hydrogen) atoms. The third kappa shape index (κ3) is 4.15. The molecule has 1 saturated heterocycles. The zero-order valence-electron chi connectivity index (χ0n) is 17.2. The van der Waals surface area contributed by atoms with Crippen LogP contribution < -0.4 is 14.9 Å². The van der Waals surface area contributed by atoms with Crippen molar-refractivity contribution in [2.24, 2.45) is 0 Å². The first-order valence-corrected chi connectivity index (χ1v) is 10.1. The summed E-state index contributed by atoms with van der Waals surface area (Å²) in [5.74, 6) is 1.89. The number of fused-ring (bicyclic) bond motifs is 1. The Kier molecular flexibility index (Phi) is 5.58. The molecular formula is C24H27NO4. The minimum Gasteiger partial charge on any atom is -0.496 e. The lowest BCUT2D eigenvalue weighted by Gasteiger charge is -2.20. The van der Waals surface area contributed by atoms with Crippen LogP contribution in [-0.4, -0.2) is 37.7 Å². The zero-order valence-corrected chi connectivity index (χ0v) is 17.2. The summed E-state index contributed by atoms with van der Waals surface area (Å²) in [6.45, 7) is 7.01. The molecule has 1 aromatic heterocycles. The van der Waals surface area contributed by atoms with Crippen molar-refractivity contribution in [1.29, 1.82) is 0 Å². The second kappa shape index (κ2) is 8.29. The van der Waals surface area contributed by atoms with Crippen molar-refractivity contribution in [3.63, 3.8) is 0 Å². The first-order valence-electron chi connectivity index (χ1n) is 10.1. The van der Waals surface area contributed by atoms with Gasteiger partial charge in [0.15, 0.2) is 5.43 Å². The molecule has 4 rings (SSSR count). The molecule has 0 radical (unpaired) electrons. The Morgan fingerprint density at radius 2 is 1.97 bits per heavy atom. The lowest BCUT2D eigenvalue weighted by molar-refractivity contribution is 0.204. The van der Waals surface area contributed by atoms with Gasteiger partial charge in [0.25, 0.3) is 0 Å². The van der Waals surface area contributed by atoms with E-state index in [0.29, 0.717) is 35.1 Å². The average molecular weight is 393 g/mol. The number of rotatable bonds is 6. The molecule has 2 heterocycles. The Hall–Kier alpha value is -2.79. The molecule has 0 bridgehead atoms. The number of benzene rings is 2. The Balaban J connectivity index is 1.51. The molecule has 5 nitrogen and oxygen atoms in total. The van der Waals surface area contributed by atoms with Crippen molar-refractivity contribution in [2.45, 2.75) is 32.7 Å². The topological polar surface area (TPSA) is 51.9 Å². The van der Waals surface area contributed by atoms with Crippen LogP contribution in [-0.2, 0) is 0 Å². The number of methoxy groups -OCH3 is 1. The highest BCUT2D eigenvalue weighted by Gasteiger charge is 2.19. The van der Waals surface area contributed by atoms with E-state index in [9.17, 15) is 4.79 Å². The van der Waals surface area contributed by atoms with Crippen LogP contribution in [0.4, 0.5) is 0 Å². The summed E-state index contributed by atoms with van der Waals surface area (Å²) in [5, 5.41) is 0.470. The van der Waals surface area contributed by atoms with Crippen LogP contribution in [0.1, 0.15) is 25.3 Å². The van der Waals surface area contributed by atoms with Crippen molar-refractivity contribution in [2.75, 3.05) is 26.8 Å². The van der Waals surface area contributed by atoms with Crippen LogP contribution >= 0.6 is 0 Å². The van der Waals surface area contributed by atoms with E-state index in [-0.39, 0.29) is 5.43 Å². The molecule has 2 aromatic carbocycles. The molecule has 152 valence electrons. The maximum Gasteiger partial charge on any atom is 0.197 e. The summed E-state index contributed by atoms with van der Waals surface area (Å²) in [7, 11) is 1.56. The second-order valence-corrected chi connectivity index (χ2v) is 7.72. The number of aryl methyl sites for hydroxylation is 1. The van der Waals surface area contributed by atoms with Crippen LogP contribution in [0.25, 0.3) is 22.3 Å². The van der Waals surface area contributed by atoms with E-state index >= 15 is 0 Å². The van der Waals surface area contributed by atoms with Gasteiger partial charge in [-0.25, -0.2) is 0 Å². The van der Waals surface area contributed by atoms with Crippen molar-refractivity contribution >= 4 is 11.0 Å². The van der Waals surface area contributed by atoms with Crippen molar-refractivity contribution in [1.82, 2.24) is 4.90 Å². The van der Waals surface area contributed by atoms with Gasteiger partial charge in [-0.2, -0.15) is 0 Å². The van der Waals surface area contributed by atoms with Gasteiger partial charge in [0.1, 0.15) is 34.8 Å². The Bertz CT molecular complexity index is 1050. The van der Waals surface area contributed by atoms with E-state index in [4.69, 9.17) is 13.9 Å². The molecule has 0 unspecified atom stereocenters. The Morgan fingerprint density at radius 1 is 1.17 bits per heavy atom. The van der Waals surface area contributed by atoms with Gasteiger partial charge in [-0.05, 0) is 75.2 Å². The molecule has 3 aromatic rings. The Labute approximate surface area is 170 Å². The van der Waals surface area contributed by atoms with Gasteiger partial charge in [-0.1, -0.05) is 0 Å². The molecule has 0 spiro atoms. The van der Waals surface area contributed by atoms with Gasteiger partial charge in [0, 0.05) is 24.2 Å². The molecule has 0 amide bonds. The summed E-state index contributed by atoms with van der Waals surface area (Å²) in [6, 6.07) is 13.6. The maximum atomic E-state index is 12.7. The summed E-state index contributed by atoms with van der Waals surface area (Å²) in [4.78, 5) is 15.1. The molecule has 0 saturated carbocycles. The first kappa shape index (κ1) is 19.5. The van der Waals surface area contributed by atoms with Crippen LogP contribution in [0.5, 0.6) is 11.5 Å². The lowest BCUT2D eigenvalue weighted by atomic mass is 10.1. The van der Waals surface area contributed by atoms with Gasteiger partial charge >= 0.3 is 0 Å². The fourth-order valence-electron chi connectivity index (χ4n) is 4.01. The van der Waals surface area contributed by atoms with E-state index in [0.717, 1.165) is 30.0 Å². The van der Waals surface area contributed by atoms with Crippen LogP contribution in [0, 0.1) is 6.92 Å². The first-order chi connectivity index (χ1) is 14.0. The molecule has 0 N–H and O–H groups in total. The fourth-order valence-corrected chi connectivity index (χ4v) is 4.01. The Morgan fingerprint density at radius 3 is 2.66 bits per heavy atom. The maximum absolute atomic E-state index is 12.7. The second-order valence-electron chi connectivity index (χ2n) is 7.72. The van der Waals surface area contributed by atoms with Gasteiger partial charge in [-0.3, -0.25) is 9.69 Å². The lowest BCUT2D eigenvalue weighted by Crippen LogP contribution is -2.31. The van der Waals surface area contributed by atoms with Crippen molar-refractivity contribution in [3.8, 4) is 22.8 Å². The summed E-state index contributed by atoms with van der Waals surface area (Å²) >= 11 is 0. The van der Waals surface area contributed by atoms with Crippen molar-refractivity contribution in [3.05, 3.63) is 58.3 Å². The highest BCUT2D eigenvalue weighted by atomic mass is 16.5. The van der Waals surface area contributed by atoms with E-state index in [1.54, 1.807) is 7.11 Å². The molecule has 1 fully saturated rings. The molecule has 1 aliphatic heterocycles. The van der Waals surface area contributed by atoms with Gasteiger partial charge < -0.3 is 13.9 Å². The van der Waals surface area contributed by atoms with Gasteiger partial charge in [0.05, 0.1) is 7.11 Å². The van der Waals surface area contributed by atoms with E-state index in [2.05, 4.69) is 11.8 Å². The van der Waals surface area contributed by atoms with E-state index < -0.39 is 0 Å². The molecule has 1 atom stereocenters. The quantitative estimate of drug-likeness (QED) is 0.611. The molecule has 1 aliphatic rings. The smallest absolute Gasteiger partial charge is 0.197 e. The fraction of sp³-hybridized carbons (Fsp3) is 0.375. The highest BCUT2D eigenvalue weighted by molar-refractivity contribution is 5.85. The van der Waals surface area contributed by atoms with Gasteiger partial charge in [0.2, 0.25) is 0 Å². The highest BCUT2D eigenvalue weighted by Crippen LogP contribution is 2.29. The standard InChI is InChI=1S/C24H27NO4/c1-16-13-22(27-3)24-20(26)15-21(29-23(24)14-16)18-6-8-19(9-7-18)28-12-11-25-10-4-5-17(25)2/h6-9,13-15,17H,4-5,10-12H2,1-3H3/t17-/m1/s1. The molecular weight excluding hydrogens is 366 g/mol. The average Bonchev–Trinajstić information content (AvgIpc) is 3.12. The third-order valence-electron chi connectivity index (χ3n) is 5.64. The normalized spacial score (nSPS) is 17.0. The number of hydrogen-bond donors (Lipinski definition) is 0. The monoisotopic (exact) mass is 393 g/mol. The summed E-state index contributed by atoms with van der Waals surface area (Å²) < 4.78 is 17.3.